The second kappa shape index (κ2) is 7.35. The maximum Gasteiger partial charge on any atom is 0.327 e. The number of carboxylic acid groups (broad SMARTS) is 1. The van der Waals surface area contributed by atoms with Crippen LogP contribution in [-0.2, 0) is 10.2 Å². The summed E-state index contributed by atoms with van der Waals surface area (Å²) in [5.41, 5.74) is 1.35. The molecular weight excluding hydrogens is 407 g/mol. The molecule has 1 atom stereocenters. The lowest BCUT2D eigenvalue weighted by molar-refractivity contribution is -0.140. The second-order valence-electron chi connectivity index (χ2n) is 7.61. The van der Waals surface area contributed by atoms with Gasteiger partial charge in [0, 0.05) is 30.1 Å². The van der Waals surface area contributed by atoms with Crippen molar-refractivity contribution < 1.29 is 14.3 Å². The number of nitrogens with zero attached hydrogens (tertiary/aromatic N) is 5. The third kappa shape index (κ3) is 3.20. The number of imidazole rings is 1. The molecule has 3 aromatic heterocycles. The van der Waals surface area contributed by atoms with E-state index in [4.69, 9.17) is 0 Å². The predicted octanol–water partition coefficient (Wildman–Crippen LogP) is 3.14. The van der Waals surface area contributed by atoms with Crippen molar-refractivity contribution in [3.05, 3.63) is 48.2 Å². The number of carbonyl (C=O) groups is 1. The Kier molecular flexibility index (Phi) is 4.65. The first kappa shape index (κ1) is 19.0. The summed E-state index contributed by atoms with van der Waals surface area (Å²) in [6, 6.07) is 6.04. The maximum atomic E-state index is 14.3. The number of aliphatic carboxylic acids is 1. The molecule has 3 aromatic rings. The van der Waals surface area contributed by atoms with Gasteiger partial charge >= 0.3 is 5.97 Å². The van der Waals surface area contributed by atoms with Crippen LogP contribution < -0.4 is 5.32 Å². The largest absolute Gasteiger partial charge is 0.480 e. The van der Waals surface area contributed by atoms with Crippen LogP contribution in [0.15, 0.2) is 41.8 Å². The van der Waals surface area contributed by atoms with Crippen LogP contribution in [0.1, 0.15) is 31.0 Å². The first-order chi connectivity index (χ1) is 14.6. The maximum absolute atomic E-state index is 14.3. The third-order valence-corrected chi connectivity index (χ3v) is 6.84. The van der Waals surface area contributed by atoms with Crippen LogP contribution >= 0.6 is 11.8 Å². The fourth-order valence-corrected chi connectivity index (χ4v) is 5.06. The highest BCUT2D eigenvalue weighted by molar-refractivity contribution is 7.99. The fourth-order valence-electron chi connectivity index (χ4n) is 3.95. The van der Waals surface area contributed by atoms with Crippen LogP contribution in [0.4, 0.5) is 10.2 Å². The molecule has 0 bridgehead atoms. The number of carboxylic acids is 1. The number of hydrogen-bond donors (Lipinski definition) is 2. The van der Waals surface area contributed by atoms with Crippen molar-refractivity contribution in [2.45, 2.75) is 35.9 Å². The van der Waals surface area contributed by atoms with E-state index in [9.17, 15) is 14.3 Å². The van der Waals surface area contributed by atoms with Gasteiger partial charge in [0.2, 0.25) is 0 Å². The van der Waals surface area contributed by atoms with Gasteiger partial charge in [-0.25, -0.2) is 14.2 Å². The molecule has 0 spiro atoms. The first-order valence-corrected chi connectivity index (χ1v) is 10.7. The molecule has 0 aromatic carbocycles. The fraction of sp³-hybridized carbons (Fsp3) is 0.350. The molecule has 1 aliphatic heterocycles. The third-order valence-electron chi connectivity index (χ3n) is 5.80. The van der Waals surface area contributed by atoms with E-state index >= 15 is 0 Å². The molecule has 2 N–H and O–H groups in total. The van der Waals surface area contributed by atoms with Crippen molar-refractivity contribution in [2.75, 3.05) is 17.6 Å². The van der Waals surface area contributed by atoms with Gasteiger partial charge in [-0.1, -0.05) is 18.2 Å². The Morgan fingerprint density at radius 2 is 2.17 bits per heavy atom. The summed E-state index contributed by atoms with van der Waals surface area (Å²) in [4.78, 5) is 20.1. The minimum absolute atomic E-state index is 0.272. The number of pyridine rings is 1. The normalized spacial score (nSPS) is 19.2. The van der Waals surface area contributed by atoms with Gasteiger partial charge in [-0.3, -0.25) is 4.98 Å². The number of fused-ring (bicyclic) bond motifs is 1. The lowest BCUT2D eigenvalue weighted by Crippen LogP contribution is -2.42. The van der Waals surface area contributed by atoms with Gasteiger partial charge in [0.1, 0.15) is 29.1 Å². The van der Waals surface area contributed by atoms with Gasteiger partial charge in [0.15, 0.2) is 5.16 Å². The molecule has 0 radical (unpaired) electrons. The molecule has 8 nitrogen and oxygen atoms in total. The minimum atomic E-state index is -0.870. The number of anilines is 1. The van der Waals surface area contributed by atoms with Crippen molar-refractivity contribution in [1.82, 2.24) is 24.7 Å². The SMILES string of the molecule is O=C(O)C1CSc2nc(-c3ccc(NCC4(c5ncccc5F)CCC4)nn3)cn21. The topological polar surface area (TPSA) is 106 Å². The Hall–Kier alpha value is -3.01. The number of halogens is 1. The molecule has 1 fully saturated rings. The second-order valence-corrected chi connectivity index (χ2v) is 8.59. The van der Waals surface area contributed by atoms with E-state index in [0.29, 0.717) is 40.4 Å². The smallest absolute Gasteiger partial charge is 0.327 e. The van der Waals surface area contributed by atoms with E-state index in [1.807, 2.05) is 0 Å². The van der Waals surface area contributed by atoms with Crippen molar-refractivity contribution in [2.24, 2.45) is 0 Å². The minimum Gasteiger partial charge on any atom is -0.480 e. The van der Waals surface area contributed by atoms with Crippen molar-refractivity contribution in [3.8, 4) is 11.4 Å². The average molecular weight is 426 g/mol. The zero-order valence-electron chi connectivity index (χ0n) is 16.0. The van der Waals surface area contributed by atoms with Crippen LogP contribution in [0.5, 0.6) is 0 Å². The predicted molar refractivity (Wildman–Crippen MR) is 109 cm³/mol. The van der Waals surface area contributed by atoms with Gasteiger partial charge in [-0.05, 0) is 37.1 Å². The monoisotopic (exact) mass is 426 g/mol. The van der Waals surface area contributed by atoms with Crippen molar-refractivity contribution >= 4 is 23.5 Å². The molecule has 1 saturated carbocycles. The molecule has 4 heterocycles. The standard InChI is InChI=1S/C20H19FN6O2S/c21-12-3-1-8-22-17(12)20(6-2-7-20)11-23-16-5-4-13(25-26-16)14-9-27-15(18(28)29)10-30-19(27)24-14/h1,3-5,8-9,15H,2,6-7,10-11H2,(H,23,26)(H,28,29). The van der Waals surface area contributed by atoms with E-state index < -0.39 is 12.0 Å². The molecule has 5 rings (SSSR count). The van der Waals surface area contributed by atoms with E-state index in [2.05, 4.69) is 25.5 Å². The van der Waals surface area contributed by atoms with Gasteiger partial charge < -0.3 is 15.0 Å². The summed E-state index contributed by atoms with van der Waals surface area (Å²) in [5, 5.41) is 21.7. The molecule has 30 heavy (non-hydrogen) atoms. The van der Waals surface area contributed by atoms with Crippen LogP contribution in [0, 0.1) is 5.82 Å². The van der Waals surface area contributed by atoms with Crippen LogP contribution in [0.25, 0.3) is 11.4 Å². The zero-order valence-corrected chi connectivity index (χ0v) is 16.8. The highest BCUT2D eigenvalue weighted by Crippen LogP contribution is 2.43. The highest BCUT2D eigenvalue weighted by Gasteiger charge is 2.41. The van der Waals surface area contributed by atoms with Crippen molar-refractivity contribution in [3.63, 3.8) is 0 Å². The number of nitrogens with one attached hydrogen (secondary N) is 1. The summed E-state index contributed by atoms with van der Waals surface area (Å²) in [7, 11) is 0. The Bertz CT molecular complexity index is 1100. The molecule has 154 valence electrons. The number of hydrogen-bond acceptors (Lipinski definition) is 7. The van der Waals surface area contributed by atoms with Gasteiger partial charge in [-0.2, -0.15) is 0 Å². The average Bonchev–Trinajstić information content (AvgIpc) is 3.29. The quantitative estimate of drug-likeness (QED) is 0.619. The number of aromatic nitrogens is 5. The number of rotatable bonds is 6. The zero-order chi connectivity index (χ0) is 20.7. The van der Waals surface area contributed by atoms with E-state index in [0.717, 1.165) is 19.3 Å². The Morgan fingerprint density at radius 3 is 2.83 bits per heavy atom. The molecule has 0 saturated heterocycles. The lowest BCUT2D eigenvalue weighted by Gasteiger charge is -2.41. The summed E-state index contributed by atoms with van der Waals surface area (Å²) >= 11 is 1.42. The first-order valence-electron chi connectivity index (χ1n) is 9.69. The van der Waals surface area contributed by atoms with Crippen LogP contribution in [0.3, 0.4) is 0 Å². The summed E-state index contributed by atoms with van der Waals surface area (Å²) in [6.07, 6.45) is 6.13. The Balaban J connectivity index is 1.30. The van der Waals surface area contributed by atoms with Gasteiger partial charge in [-0.15, -0.1) is 10.2 Å². The van der Waals surface area contributed by atoms with Gasteiger partial charge in [0.25, 0.3) is 0 Å². The molecule has 2 aliphatic rings. The lowest BCUT2D eigenvalue weighted by atomic mass is 9.66. The molecule has 1 unspecified atom stereocenters. The summed E-state index contributed by atoms with van der Waals surface area (Å²) in [5.74, 6) is -0.0766. The van der Waals surface area contributed by atoms with Crippen molar-refractivity contribution in [1.29, 1.82) is 0 Å². The molecule has 0 amide bonds. The highest BCUT2D eigenvalue weighted by atomic mass is 32.2. The summed E-state index contributed by atoms with van der Waals surface area (Å²) in [6.45, 7) is 0.532. The Labute approximate surface area is 176 Å². The van der Waals surface area contributed by atoms with E-state index in [1.54, 1.807) is 35.2 Å². The Morgan fingerprint density at radius 1 is 1.30 bits per heavy atom. The summed E-state index contributed by atoms with van der Waals surface area (Å²) < 4.78 is 15.9. The van der Waals surface area contributed by atoms with Crippen LogP contribution in [0.2, 0.25) is 0 Å². The van der Waals surface area contributed by atoms with E-state index in [1.165, 1.54) is 17.8 Å². The number of thioether (sulfide) groups is 1. The molecule has 1 aliphatic carbocycles. The van der Waals surface area contributed by atoms with Crippen LogP contribution in [-0.4, -0.2) is 48.1 Å². The molecular formula is C20H19FN6O2S. The van der Waals surface area contributed by atoms with Gasteiger partial charge in [0.05, 0.1) is 5.69 Å². The molecule has 10 heteroatoms. The van der Waals surface area contributed by atoms with E-state index in [-0.39, 0.29) is 11.2 Å².